The van der Waals surface area contributed by atoms with E-state index in [1.165, 1.54) is 0 Å². The van der Waals surface area contributed by atoms with Crippen LogP contribution in [-0.4, -0.2) is 68.1 Å². The van der Waals surface area contributed by atoms with Gasteiger partial charge in [-0.2, -0.15) is 0 Å². The molecule has 0 spiro atoms. The van der Waals surface area contributed by atoms with Crippen LogP contribution < -0.4 is 5.32 Å². The van der Waals surface area contributed by atoms with Gasteiger partial charge in [-0.3, -0.25) is 4.79 Å². The lowest BCUT2D eigenvalue weighted by Crippen LogP contribution is -2.48. The number of carbonyl (C=O) groups is 1. The average molecular weight is 290 g/mol. The number of hydrogen-bond donors (Lipinski definition) is 2. The molecule has 1 amide bonds. The first-order valence-corrected chi connectivity index (χ1v) is 8.53. The van der Waals surface area contributed by atoms with Crippen LogP contribution in [0.2, 0.25) is 0 Å². The van der Waals surface area contributed by atoms with Crippen molar-refractivity contribution < 1.29 is 18.3 Å². The normalized spacial score (nSPS) is 33.5. The van der Waals surface area contributed by atoms with Crippen LogP contribution >= 0.6 is 0 Å². The summed E-state index contributed by atoms with van der Waals surface area (Å²) in [5.74, 6) is 0.561. The Kier molecular flexibility index (Phi) is 4.47. The molecule has 1 saturated carbocycles. The fourth-order valence-corrected chi connectivity index (χ4v) is 4.15. The molecule has 0 aromatic carbocycles. The van der Waals surface area contributed by atoms with Gasteiger partial charge < -0.3 is 15.3 Å². The molecule has 1 aliphatic heterocycles. The fraction of sp³-hybridized carbons (Fsp3) is 0.917. The number of hydrogen-bond acceptors (Lipinski definition) is 5. The summed E-state index contributed by atoms with van der Waals surface area (Å²) in [6, 6.07) is -0.263. The van der Waals surface area contributed by atoms with Crippen molar-refractivity contribution in [1.29, 1.82) is 0 Å². The molecule has 0 bridgehead atoms. The Hall–Kier alpha value is -0.660. The smallest absolute Gasteiger partial charge is 0.223 e. The van der Waals surface area contributed by atoms with E-state index in [9.17, 15) is 18.3 Å². The first kappa shape index (κ1) is 14.7. The molecule has 2 fully saturated rings. The maximum Gasteiger partial charge on any atom is 0.223 e. The van der Waals surface area contributed by atoms with Gasteiger partial charge in [-0.25, -0.2) is 8.42 Å². The van der Waals surface area contributed by atoms with E-state index < -0.39 is 9.84 Å². The van der Waals surface area contributed by atoms with Gasteiger partial charge >= 0.3 is 0 Å². The van der Waals surface area contributed by atoms with Crippen molar-refractivity contribution in [3.05, 3.63) is 0 Å². The maximum atomic E-state index is 12.0. The van der Waals surface area contributed by atoms with Crippen molar-refractivity contribution in [3.8, 4) is 0 Å². The van der Waals surface area contributed by atoms with E-state index in [2.05, 4.69) is 5.32 Å². The standard InChI is InChI=1S/C12H22N2O4S/c1-14(7-9-4-11(15)5-9)12(16)6-10-8-19(17,18)3-2-13-10/h9-11,13,15H,2-8H2,1H3. The number of nitrogens with one attached hydrogen (secondary N) is 1. The van der Waals surface area contributed by atoms with Crippen molar-refractivity contribution in [2.24, 2.45) is 5.92 Å². The summed E-state index contributed by atoms with van der Waals surface area (Å²) in [5, 5.41) is 12.3. The van der Waals surface area contributed by atoms with Gasteiger partial charge in [-0.1, -0.05) is 0 Å². The quantitative estimate of drug-likeness (QED) is 0.693. The first-order valence-electron chi connectivity index (χ1n) is 6.71. The summed E-state index contributed by atoms with van der Waals surface area (Å²) in [4.78, 5) is 13.7. The van der Waals surface area contributed by atoms with Crippen LogP contribution in [0.4, 0.5) is 0 Å². The molecule has 1 heterocycles. The lowest BCUT2D eigenvalue weighted by molar-refractivity contribution is -0.131. The summed E-state index contributed by atoms with van der Waals surface area (Å²) in [7, 11) is -1.25. The van der Waals surface area contributed by atoms with E-state index in [0.29, 0.717) is 19.0 Å². The second-order valence-corrected chi connectivity index (χ2v) is 7.96. The Morgan fingerprint density at radius 3 is 2.68 bits per heavy atom. The van der Waals surface area contributed by atoms with Gasteiger partial charge in [-0.05, 0) is 18.8 Å². The van der Waals surface area contributed by atoms with Crippen molar-refractivity contribution in [3.63, 3.8) is 0 Å². The van der Waals surface area contributed by atoms with Crippen LogP contribution in [0, 0.1) is 5.92 Å². The van der Waals surface area contributed by atoms with Gasteiger partial charge in [0.25, 0.3) is 0 Å². The molecule has 0 aromatic heterocycles. The highest BCUT2D eigenvalue weighted by molar-refractivity contribution is 7.91. The second kappa shape index (κ2) is 5.76. The molecule has 1 atom stereocenters. The first-order chi connectivity index (χ1) is 8.85. The Bertz CT molecular complexity index is 431. The zero-order valence-electron chi connectivity index (χ0n) is 11.2. The zero-order valence-corrected chi connectivity index (χ0v) is 12.0. The molecule has 1 aliphatic carbocycles. The number of carbonyl (C=O) groups excluding carboxylic acids is 1. The van der Waals surface area contributed by atoms with Crippen LogP contribution in [0.1, 0.15) is 19.3 Å². The van der Waals surface area contributed by atoms with E-state index in [1.54, 1.807) is 11.9 Å². The van der Waals surface area contributed by atoms with Crippen molar-refractivity contribution in [1.82, 2.24) is 10.2 Å². The molecule has 1 unspecified atom stereocenters. The number of sulfone groups is 1. The minimum Gasteiger partial charge on any atom is -0.393 e. The monoisotopic (exact) mass is 290 g/mol. The van der Waals surface area contributed by atoms with Gasteiger partial charge in [0.05, 0.1) is 17.6 Å². The molecule has 7 heteroatoms. The fourth-order valence-electron chi connectivity index (χ4n) is 2.70. The molecule has 0 aromatic rings. The summed E-state index contributed by atoms with van der Waals surface area (Å²) >= 11 is 0. The Labute approximate surface area is 114 Å². The lowest BCUT2D eigenvalue weighted by atomic mass is 9.82. The van der Waals surface area contributed by atoms with Crippen LogP contribution in [0.25, 0.3) is 0 Å². The molecule has 2 rings (SSSR count). The van der Waals surface area contributed by atoms with Crippen molar-refractivity contribution in [2.75, 3.05) is 31.6 Å². The number of amides is 1. The third-order valence-electron chi connectivity index (χ3n) is 3.89. The molecular weight excluding hydrogens is 268 g/mol. The predicted octanol–water partition coefficient (Wildman–Crippen LogP) is -1.01. The number of aliphatic hydroxyl groups excluding tert-OH is 1. The molecule has 2 N–H and O–H groups in total. The van der Waals surface area contributed by atoms with E-state index in [1.807, 2.05) is 0 Å². The van der Waals surface area contributed by atoms with Gasteiger partial charge in [0.1, 0.15) is 0 Å². The molecule has 1 saturated heterocycles. The van der Waals surface area contributed by atoms with E-state index in [-0.39, 0.29) is 36.0 Å². The average Bonchev–Trinajstić information content (AvgIpc) is 2.25. The van der Waals surface area contributed by atoms with E-state index in [4.69, 9.17) is 0 Å². The molecule has 110 valence electrons. The van der Waals surface area contributed by atoms with Crippen molar-refractivity contribution >= 4 is 15.7 Å². The minimum absolute atomic E-state index is 0.0315. The number of rotatable bonds is 4. The lowest BCUT2D eigenvalue weighted by Gasteiger charge is -2.35. The SMILES string of the molecule is CN(CC1CC(O)C1)C(=O)CC1CS(=O)(=O)CCN1. The van der Waals surface area contributed by atoms with E-state index in [0.717, 1.165) is 12.8 Å². The second-order valence-electron chi connectivity index (χ2n) is 5.74. The van der Waals surface area contributed by atoms with Crippen LogP contribution in [0.3, 0.4) is 0 Å². The minimum atomic E-state index is -2.99. The highest BCUT2D eigenvalue weighted by Crippen LogP contribution is 2.27. The highest BCUT2D eigenvalue weighted by atomic mass is 32.2. The highest BCUT2D eigenvalue weighted by Gasteiger charge is 2.31. The molecule has 2 aliphatic rings. The summed E-state index contributed by atoms with van der Waals surface area (Å²) in [6.45, 7) is 1.08. The van der Waals surface area contributed by atoms with E-state index >= 15 is 0 Å². The third-order valence-corrected chi connectivity index (χ3v) is 5.63. The zero-order chi connectivity index (χ0) is 14.0. The summed E-state index contributed by atoms with van der Waals surface area (Å²) in [5.41, 5.74) is 0. The molecule has 6 nitrogen and oxygen atoms in total. The topological polar surface area (TPSA) is 86.7 Å². The van der Waals surface area contributed by atoms with Gasteiger partial charge in [0, 0.05) is 32.6 Å². The Morgan fingerprint density at radius 1 is 1.42 bits per heavy atom. The van der Waals surface area contributed by atoms with Gasteiger partial charge in [0.2, 0.25) is 5.91 Å². The Morgan fingerprint density at radius 2 is 2.11 bits per heavy atom. The van der Waals surface area contributed by atoms with Crippen LogP contribution in [0.15, 0.2) is 0 Å². The number of nitrogens with zero attached hydrogens (tertiary/aromatic N) is 1. The number of aliphatic hydroxyl groups is 1. The summed E-state index contributed by atoms with van der Waals surface area (Å²) in [6.07, 6.45) is 1.53. The Balaban J connectivity index is 1.76. The summed E-state index contributed by atoms with van der Waals surface area (Å²) < 4.78 is 23.0. The third kappa shape index (κ3) is 4.15. The van der Waals surface area contributed by atoms with Crippen LogP contribution in [-0.2, 0) is 14.6 Å². The van der Waals surface area contributed by atoms with Gasteiger partial charge in [-0.15, -0.1) is 0 Å². The maximum absolute atomic E-state index is 12.0. The molecular formula is C12H22N2O4S. The molecule has 19 heavy (non-hydrogen) atoms. The largest absolute Gasteiger partial charge is 0.393 e. The van der Waals surface area contributed by atoms with Crippen molar-refractivity contribution in [2.45, 2.75) is 31.4 Å². The molecule has 0 radical (unpaired) electrons. The van der Waals surface area contributed by atoms with Gasteiger partial charge in [0.15, 0.2) is 9.84 Å². The predicted molar refractivity (Wildman–Crippen MR) is 71.4 cm³/mol. The van der Waals surface area contributed by atoms with Crippen LogP contribution in [0.5, 0.6) is 0 Å².